The molecule has 0 saturated carbocycles. The summed E-state index contributed by atoms with van der Waals surface area (Å²) in [5.41, 5.74) is 1.25. The first kappa shape index (κ1) is 24.4. The minimum atomic E-state index is -4.43. The van der Waals surface area contributed by atoms with Crippen molar-refractivity contribution in [2.24, 2.45) is 0 Å². The Labute approximate surface area is 200 Å². The van der Waals surface area contributed by atoms with E-state index in [1.807, 2.05) is 37.3 Å². The Balaban J connectivity index is 1.82. The van der Waals surface area contributed by atoms with Gasteiger partial charge < -0.3 is 10.0 Å². The molecule has 9 heteroatoms. The number of benzene rings is 2. The number of likely N-dealkylation sites (N-methyl/N-ethyl adjacent to an activating group) is 1. The standard InChI is InChI=1S/C26H25F3N4O2/c1-25(24(35)32(2)14-15-34,16-18-6-4-3-5-7-18)22-12-13-30-23-21(17-31-33(22)23)19-8-10-20(11-9-19)26(27,28)29/h3-13,17,34H,14-16H2,1-2H3. The van der Waals surface area contributed by atoms with Gasteiger partial charge in [0.15, 0.2) is 5.65 Å². The van der Waals surface area contributed by atoms with Crippen LogP contribution >= 0.6 is 0 Å². The van der Waals surface area contributed by atoms with Crippen LogP contribution in [-0.4, -0.2) is 50.7 Å². The van der Waals surface area contributed by atoms with E-state index in [-0.39, 0.29) is 19.1 Å². The summed E-state index contributed by atoms with van der Waals surface area (Å²) in [6.07, 6.45) is -0.940. The lowest BCUT2D eigenvalue weighted by Gasteiger charge is -2.33. The van der Waals surface area contributed by atoms with Crippen LogP contribution in [0.1, 0.15) is 23.7 Å². The number of hydrogen-bond donors (Lipinski definition) is 1. The van der Waals surface area contributed by atoms with Gasteiger partial charge in [0.1, 0.15) is 0 Å². The topological polar surface area (TPSA) is 70.7 Å². The molecule has 0 saturated heterocycles. The molecule has 2 aromatic heterocycles. The molecule has 1 unspecified atom stereocenters. The van der Waals surface area contributed by atoms with Crippen LogP contribution in [0.5, 0.6) is 0 Å². The fraction of sp³-hybridized carbons (Fsp3) is 0.269. The van der Waals surface area contributed by atoms with Crippen molar-refractivity contribution in [3.63, 3.8) is 0 Å². The van der Waals surface area contributed by atoms with Crippen molar-refractivity contribution in [1.82, 2.24) is 19.5 Å². The van der Waals surface area contributed by atoms with E-state index in [0.29, 0.717) is 28.9 Å². The average Bonchev–Trinajstić information content (AvgIpc) is 3.28. The van der Waals surface area contributed by atoms with Crippen molar-refractivity contribution in [1.29, 1.82) is 0 Å². The van der Waals surface area contributed by atoms with E-state index in [2.05, 4.69) is 10.1 Å². The predicted octanol–water partition coefficient (Wildman–Crippen LogP) is 4.37. The van der Waals surface area contributed by atoms with Gasteiger partial charge in [-0.25, -0.2) is 9.50 Å². The molecule has 35 heavy (non-hydrogen) atoms. The Morgan fingerprint density at radius 1 is 1.06 bits per heavy atom. The van der Waals surface area contributed by atoms with E-state index in [0.717, 1.165) is 17.7 Å². The van der Waals surface area contributed by atoms with Gasteiger partial charge in [-0.05, 0) is 42.7 Å². The second-order valence-corrected chi connectivity index (χ2v) is 8.64. The van der Waals surface area contributed by atoms with Crippen molar-refractivity contribution in [2.45, 2.75) is 24.9 Å². The van der Waals surface area contributed by atoms with Crippen LogP contribution in [0.3, 0.4) is 0 Å². The van der Waals surface area contributed by atoms with Crippen molar-refractivity contribution >= 4 is 11.6 Å². The summed E-state index contributed by atoms with van der Waals surface area (Å²) in [6.45, 7) is 1.83. The second kappa shape index (κ2) is 9.50. The van der Waals surface area contributed by atoms with Crippen LogP contribution in [0.4, 0.5) is 13.2 Å². The number of nitrogens with zero attached hydrogens (tertiary/aromatic N) is 4. The molecule has 0 bridgehead atoms. The summed E-state index contributed by atoms with van der Waals surface area (Å²) in [7, 11) is 1.64. The lowest BCUT2D eigenvalue weighted by Crippen LogP contribution is -2.46. The van der Waals surface area contributed by atoms with Crippen molar-refractivity contribution in [2.75, 3.05) is 20.2 Å². The minimum Gasteiger partial charge on any atom is -0.395 e. The quantitative estimate of drug-likeness (QED) is 0.425. The number of fused-ring (bicyclic) bond motifs is 1. The molecule has 4 aromatic rings. The number of hydrogen-bond acceptors (Lipinski definition) is 4. The smallest absolute Gasteiger partial charge is 0.395 e. The maximum Gasteiger partial charge on any atom is 0.416 e. The van der Waals surface area contributed by atoms with Gasteiger partial charge in [0.2, 0.25) is 5.91 Å². The van der Waals surface area contributed by atoms with Gasteiger partial charge in [0, 0.05) is 25.4 Å². The van der Waals surface area contributed by atoms with Gasteiger partial charge in [0.25, 0.3) is 0 Å². The highest BCUT2D eigenvalue weighted by Crippen LogP contribution is 2.34. The second-order valence-electron chi connectivity index (χ2n) is 8.64. The molecule has 2 aromatic carbocycles. The molecule has 0 aliphatic carbocycles. The minimum absolute atomic E-state index is 0.171. The van der Waals surface area contributed by atoms with Crippen LogP contribution in [0.25, 0.3) is 16.8 Å². The molecule has 0 radical (unpaired) electrons. The Bertz CT molecular complexity index is 1320. The first-order valence-corrected chi connectivity index (χ1v) is 11.1. The number of aliphatic hydroxyl groups is 1. The van der Waals surface area contributed by atoms with Crippen LogP contribution in [0.15, 0.2) is 73.1 Å². The van der Waals surface area contributed by atoms with Crippen molar-refractivity contribution in [3.8, 4) is 11.1 Å². The van der Waals surface area contributed by atoms with Crippen LogP contribution in [0, 0.1) is 0 Å². The molecule has 0 aliphatic rings. The van der Waals surface area contributed by atoms with Crippen LogP contribution < -0.4 is 0 Å². The van der Waals surface area contributed by atoms with Crippen LogP contribution in [0.2, 0.25) is 0 Å². The fourth-order valence-corrected chi connectivity index (χ4v) is 4.30. The molecule has 2 heterocycles. The summed E-state index contributed by atoms with van der Waals surface area (Å²) in [5.74, 6) is -0.200. The summed E-state index contributed by atoms with van der Waals surface area (Å²) < 4.78 is 40.6. The Kier molecular flexibility index (Phi) is 6.62. The number of aromatic nitrogens is 3. The highest BCUT2D eigenvalue weighted by Gasteiger charge is 2.40. The van der Waals surface area contributed by atoms with E-state index in [1.54, 1.807) is 30.0 Å². The molecule has 1 amide bonds. The third kappa shape index (κ3) is 4.77. The predicted molar refractivity (Wildman–Crippen MR) is 126 cm³/mol. The number of halogens is 3. The maximum absolute atomic E-state index is 13.7. The zero-order valence-electron chi connectivity index (χ0n) is 19.3. The van der Waals surface area contributed by atoms with Gasteiger partial charge in [-0.3, -0.25) is 4.79 Å². The van der Waals surface area contributed by atoms with Gasteiger partial charge in [-0.1, -0.05) is 42.5 Å². The number of amides is 1. The van der Waals surface area contributed by atoms with Crippen molar-refractivity contribution < 1.29 is 23.1 Å². The zero-order chi connectivity index (χ0) is 25.2. The van der Waals surface area contributed by atoms with E-state index in [9.17, 15) is 23.1 Å². The average molecular weight is 483 g/mol. The van der Waals surface area contributed by atoms with E-state index < -0.39 is 17.2 Å². The lowest BCUT2D eigenvalue weighted by molar-refractivity contribution is -0.137. The number of rotatable bonds is 7. The largest absolute Gasteiger partial charge is 0.416 e. The Morgan fingerprint density at radius 2 is 1.74 bits per heavy atom. The SMILES string of the molecule is CN(CCO)C(=O)C(C)(Cc1ccccc1)c1ccnc2c(-c3ccc(C(F)(F)F)cc3)cnn12. The molecule has 1 atom stereocenters. The fourth-order valence-electron chi connectivity index (χ4n) is 4.30. The molecule has 182 valence electrons. The van der Waals surface area contributed by atoms with Crippen molar-refractivity contribution in [3.05, 3.63) is 89.9 Å². The molecule has 0 fully saturated rings. The van der Waals surface area contributed by atoms with E-state index >= 15 is 0 Å². The first-order valence-electron chi connectivity index (χ1n) is 11.1. The molecular formula is C26H25F3N4O2. The van der Waals surface area contributed by atoms with Gasteiger partial charge in [-0.2, -0.15) is 18.3 Å². The molecule has 6 nitrogen and oxygen atoms in total. The highest BCUT2D eigenvalue weighted by molar-refractivity contribution is 5.88. The third-order valence-corrected chi connectivity index (χ3v) is 6.14. The monoisotopic (exact) mass is 482 g/mol. The summed E-state index contributed by atoms with van der Waals surface area (Å²) in [6, 6.07) is 16.1. The lowest BCUT2D eigenvalue weighted by atomic mass is 9.78. The van der Waals surface area contributed by atoms with E-state index in [4.69, 9.17) is 0 Å². The normalized spacial score (nSPS) is 13.5. The highest BCUT2D eigenvalue weighted by atomic mass is 19.4. The molecule has 0 aliphatic heterocycles. The van der Waals surface area contributed by atoms with Gasteiger partial charge in [-0.15, -0.1) is 0 Å². The van der Waals surface area contributed by atoms with E-state index in [1.165, 1.54) is 17.0 Å². The molecule has 4 rings (SSSR count). The number of carbonyl (C=O) groups excluding carboxylic acids is 1. The number of alkyl halides is 3. The third-order valence-electron chi connectivity index (χ3n) is 6.14. The summed E-state index contributed by atoms with van der Waals surface area (Å²) >= 11 is 0. The number of aliphatic hydroxyl groups excluding tert-OH is 1. The molecular weight excluding hydrogens is 457 g/mol. The number of carbonyl (C=O) groups is 1. The summed E-state index contributed by atoms with van der Waals surface area (Å²) in [5, 5.41) is 13.9. The van der Waals surface area contributed by atoms with Gasteiger partial charge >= 0.3 is 6.18 Å². The maximum atomic E-state index is 13.7. The van der Waals surface area contributed by atoms with Crippen LogP contribution in [-0.2, 0) is 22.8 Å². The summed E-state index contributed by atoms with van der Waals surface area (Å²) in [4.78, 5) is 19.6. The molecule has 0 spiro atoms. The molecule has 1 N–H and O–H groups in total. The van der Waals surface area contributed by atoms with Gasteiger partial charge in [0.05, 0.1) is 29.5 Å². The zero-order valence-corrected chi connectivity index (χ0v) is 19.3. The Morgan fingerprint density at radius 3 is 2.37 bits per heavy atom. The Hall–Kier alpha value is -3.72. The first-order chi connectivity index (χ1) is 16.6.